The van der Waals surface area contributed by atoms with Crippen molar-refractivity contribution in [3.8, 4) is 0 Å². The summed E-state index contributed by atoms with van der Waals surface area (Å²) < 4.78 is 34.4. The van der Waals surface area contributed by atoms with Gasteiger partial charge in [0.2, 0.25) is 15.9 Å². The van der Waals surface area contributed by atoms with E-state index in [9.17, 15) is 18.0 Å². The third kappa shape index (κ3) is 4.95. The van der Waals surface area contributed by atoms with Crippen LogP contribution in [0.15, 0.2) is 74.8 Å². The molecule has 2 N–H and O–H groups in total. The zero-order chi connectivity index (χ0) is 24.5. The highest BCUT2D eigenvalue weighted by Crippen LogP contribution is 2.23. The van der Waals surface area contributed by atoms with Crippen LogP contribution in [0.4, 0.5) is 5.69 Å². The van der Waals surface area contributed by atoms with Crippen LogP contribution in [-0.4, -0.2) is 18.9 Å². The number of carbonyl (C=O) groups is 1. The molecular weight excluding hydrogens is 454 g/mol. The third-order valence-corrected chi connectivity index (χ3v) is 6.90. The maximum atomic E-state index is 12.7. The molecule has 0 atom stereocenters. The molecule has 0 spiro atoms. The number of rotatable bonds is 7. The van der Waals surface area contributed by atoms with Crippen molar-refractivity contribution in [3.05, 3.63) is 93.5 Å². The molecule has 0 aliphatic heterocycles. The number of amides is 1. The van der Waals surface area contributed by atoms with Gasteiger partial charge in [0.25, 0.3) is 0 Å². The zero-order valence-corrected chi connectivity index (χ0v) is 19.9. The fourth-order valence-electron chi connectivity index (χ4n) is 3.92. The van der Waals surface area contributed by atoms with E-state index in [1.54, 1.807) is 0 Å². The number of nitrogens with zero attached hydrogens (tertiary/aromatic N) is 1. The summed E-state index contributed by atoms with van der Waals surface area (Å²) in [5, 5.41) is 2.86. The van der Waals surface area contributed by atoms with Gasteiger partial charge in [-0.2, -0.15) is 0 Å². The van der Waals surface area contributed by atoms with Gasteiger partial charge in [-0.1, -0.05) is 48.0 Å². The zero-order valence-electron chi connectivity index (χ0n) is 19.1. The lowest BCUT2D eigenvalue weighted by Crippen LogP contribution is -2.25. The molecule has 176 valence electrons. The van der Waals surface area contributed by atoms with Crippen molar-refractivity contribution in [3.63, 3.8) is 0 Å². The molecule has 0 radical (unpaired) electrons. The van der Waals surface area contributed by atoms with Crippen molar-refractivity contribution in [2.75, 3.05) is 5.32 Å². The van der Waals surface area contributed by atoms with E-state index in [1.165, 1.54) is 22.8 Å². The van der Waals surface area contributed by atoms with Crippen molar-refractivity contribution >= 4 is 32.7 Å². The highest BCUT2D eigenvalue weighted by molar-refractivity contribution is 7.89. The number of sulfonamides is 1. The lowest BCUT2D eigenvalue weighted by Gasteiger charge is -2.13. The van der Waals surface area contributed by atoms with Gasteiger partial charge in [-0.3, -0.25) is 9.36 Å². The topological polar surface area (TPSA) is 110 Å². The van der Waals surface area contributed by atoms with Crippen LogP contribution in [0.25, 0.3) is 11.1 Å². The largest absolute Gasteiger partial charge is 0.420 e. The Balaban J connectivity index is 1.55. The maximum absolute atomic E-state index is 12.7. The summed E-state index contributed by atoms with van der Waals surface area (Å²) >= 11 is 0. The molecule has 0 saturated carbocycles. The molecule has 0 saturated heterocycles. The number of hydrogen-bond acceptors (Lipinski definition) is 5. The normalized spacial score (nSPS) is 11.6. The molecule has 4 rings (SSSR count). The number of nitrogens with one attached hydrogen (secondary N) is 2. The number of aromatic nitrogens is 1. The van der Waals surface area contributed by atoms with Gasteiger partial charge in [0, 0.05) is 18.3 Å². The molecule has 0 bridgehead atoms. The molecular formula is C25H25N3O5S. The summed E-state index contributed by atoms with van der Waals surface area (Å²) in [6, 6.07) is 17.2. The Labute approximate surface area is 197 Å². The maximum Gasteiger partial charge on any atom is 0.420 e. The molecule has 0 unspecified atom stereocenters. The van der Waals surface area contributed by atoms with E-state index in [-0.39, 0.29) is 29.5 Å². The van der Waals surface area contributed by atoms with E-state index in [0.717, 1.165) is 22.3 Å². The van der Waals surface area contributed by atoms with Crippen LogP contribution in [-0.2, 0) is 27.9 Å². The highest BCUT2D eigenvalue weighted by Gasteiger charge is 2.19. The standard InChI is InChI=1S/C25H25N3O5S/c1-16-11-17(2)24(18(3)12-16)27-23(29)15-28-21-10-9-20(13-22(21)33-25(28)30)34(31,32)26-14-19-7-5-4-6-8-19/h4-13,26H,14-15H2,1-3H3,(H,27,29). The second-order valence-electron chi connectivity index (χ2n) is 8.22. The minimum Gasteiger partial charge on any atom is -0.408 e. The molecule has 1 amide bonds. The summed E-state index contributed by atoms with van der Waals surface area (Å²) in [5.74, 6) is -1.13. The van der Waals surface area contributed by atoms with Gasteiger partial charge in [-0.25, -0.2) is 17.9 Å². The van der Waals surface area contributed by atoms with E-state index in [1.807, 2.05) is 63.2 Å². The number of aryl methyl sites for hydroxylation is 3. The van der Waals surface area contributed by atoms with Gasteiger partial charge in [0.1, 0.15) is 6.54 Å². The Kier molecular flexibility index (Phi) is 6.41. The smallest absolute Gasteiger partial charge is 0.408 e. The predicted molar refractivity (Wildman–Crippen MR) is 130 cm³/mol. The average molecular weight is 480 g/mol. The van der Waals surface area contributed by atoms with Gasteiger partial charge in [0.05, 0.1) is 10.4 Å². The second-order valence-corrected chi connectivity index (χ2v) is 9.98. The highest BCUT2D eigenvalue weighted by atomic mass is 32.2. The van der Waals surface area contributed by atoms with E-state index >= 15 is 0 Å². The van der Waals surface area contributed by atoms with E-state index < -0.39 is 15.8 Å². The van der Waals surface area contributed by atoms with Crippen molar-refractivity contribution in [2.24, 2.45) is 0 Å². The van der Waals surface area contributed by atoms with E-state index in [4.69, 9.17) is 4.42 Å². The van der Waals surface area contributed by atoms with Crippen molar-refractivity contribution in [1.82, 2.24) is 9.29 Å². The Morgan fingerprint density at radius 2 is 1.65 bits per heavy atom. The first-order valence-electron chi connectivity index (χ1n) is 10.7. The van der Waals surface area contributed by atoms with Crippen molar-refractivity contribution < 1.29 is 17.6 Å². The number of anilines is 1. The predicted octanol–water partition coefficient (Wildman–Crippen LogP) is 3.64. The third-order valence-electron chi connectivity index (χ3n) is 5.50. The van der Waals surface area contributed by atoms with Gasteiger partial charge in [-0.15, -0.1) is 0 Å². The summed E-state index contributed by atoms with van der Waals surface area (Å²) in [6.07, 6.45) is 0. The number of hydrogen-bond donors (Lipinski definition) is 2. The number of oxazole rings is 1. The Morgan fingerprint density at radius 1 is 0.971 bits per heavy atom. The summed E-state index contributed by atoms with van der Waals surface area (Å²) in [5.41, 5.74) is 4.88. The Morgan fingerprint density at radius 3 is 2.32 bits per heavy atom. The molecule has 8 nitrogen and oxygen atoms in total. The van der Waals surface area contributed by atoms with Gasteiger partial charge in [0.15, 0.2) is 5.58 Å². The van der Waals surface area contributed by atoms with Crippen LogP contribution in [0.5, 0.6) is 0 Å². The number of fused-ring (bicyclic) bond motifs is 1. The lowest BCUT2D eigenvalue weighted by atomic mass is 10.1. The monoisotopic (exact) mass is 479 g/mol. The van der Waals surface area contributed by atoms with Gasteiger partial charge < -0.3 is 9.73 Å². The van der Waals surface area contributed by atoms with Gasteiger partial charge in [-0.05, 0) is 49.6 Å². The van der Waals surface area contributed by atoms with E-state index in [2.05, 4.69) is 10.0 Å². The molecule has 9 heteroatoms. The van der Waals surface area contributed by atoms with Gasteiger partial charge >= 0.3 is 5.76 Å². The Hall–Kier alpha value is -3.69. The minimum atomic E-state index is -3.83. The average Bonchev–Trinajstić information content (AvgIpc) is 3.10. The number of benzene rings is 3. The summed E-state index contributed by atoms with van der Waals surface area (Å²) in [6.45, 7) is 5.65. The van der Waals surface area contributed by atoms with Crippen LogP contribution >= 0.6 is 0 Å². The van der Waals surface area contributed by atoms with Crippen LogP contribution < -0.4 is 15.8 Å². The summed E-state index contributed by atoms with van der Waals surface area (Å²) in [7, 11) is -3.83. The minimum absolute atomic E-state index is 0.0350. The van der Waals surface area contributed by atoms with Crippen molar-refractivity contribution in [1.29, 1.82) is 0 Å². The van der Waals surface area contributed by atoms with Crippen LogP contribution in [0.3, 0.4) is 0 Å². The van der Waals surface area contributed by atoms with Crippen LogP contribution in [0, 0.1) is 20.8 Å². The molecule has 4 aromatic rings. The van der Waals surface area contributed by atoms with Crippen molar-refractivity contribution in [2.45, 2.75) is 38.8 Å². The molecule has 34 heavy (non-hydrogen) atoms. The SMILES string of the molecule is Cc1cc(C)c(NC(=O)Cn2c(=O)oc3cc(S(=O)(=O)NCc4ccccc4)ccc32)c(C)c1. The van der Waals surface area contributed by atoms with E-state index in [0.29, 0.717) is 11.2 Å². The fraction of sp³-hybridized carbons (Fsp3) is 0.200. The number of carbonyl (C=O) groups excluding carboxylic acids is 1. The second kappa shape index (κ2) is 9.28. The quantitative estimate of drug-likeness (QED) is 0.421. The Bertz CT molecular complexity index is 1510. The fourth-order valence-corrected chi connectivity index (χ4v) is 4.95. The molecule has 0 fully saturated rings. The lowest BCUT2D eigenvalue weighted by molar-refractivity contribution is -0.116. The first-order chi connectivity index (χ1) is 16.1. The van der Waals surface area contributed by atoms with Crippen LogP contribution in [0.1, 0.15) is 22.3 Å². The summed E-state index contributed by atoms with van der Waals surface area (Å²) in [4.78, 5) is 25.1. The molecule has 0 aliphatic rings. The molecule has 1 aromatic heterocycles. The van der Waals surface area contributed by atoms with Crippen LogP contribution in [0.2, 0.25) is 0 Å². The first-order valence-corrected chi connectivity index (χ1v) is 12.2. The first kappa shape index (κ1) is 23.5. The molecule has 1 heterocycles. The molecule has 0 aliphatic carbocycles. The molecule has 3 aromatic carbocycles.